The van der Waals surface area contributed by atoms with Crippen molar-refractivity contribution >= 4 is 16.0 Å². The number of aryl methyl sites for hydroxylation is 1. The minimum absolute atomic E-state index is 0.220. The molecule has 0 fully saturated rings. The molecule has 1 heterocycles. The van der Waals surface area contributed by atoms with Crippen molar-refractivity contribution in [2.24, 2.45) is 7.05 Å². The van der Waals surface area contributed by atoms with Crippen LogP contribution in [-0.4, -0.2) is 29.0 Å². The lowest BCUT2D eigenvalue weighted by atomic mass is 10.1. The standard InChI is InChI=1S/C12H13N3O4S/c1-15-7-10(13-8-15)20(18,19)14-11(12(16)17)9-5-3-2-4-6-9/h2-8,11,14H,1H3,(H,16,17). The van der Waals surface area contributed by atoms with E-state index in [0.29, 0.717) is 5.56 Å². The lowest BCUT2D eigenvalue weighted by Crippen LogP contribution is -2.33. The van der Waals surface area contributed by atoms with Crippen molar-refractivity contribution in [1.82, 2.24) is 14.3 Å². The normalized spacial score (nSPS) is 13.1. The summed E-state index contributed by atoms with van der Waals surface area (Å²) in [7, 11) is -2.37. The summed E-state index contributed by atoms with van der Waals surface area (Å²) >= 11 is 0. The highest BCUT2D eigenvalue weighted by molar-refractivity contribution is 7.89. The van der Waals surface area contributed by atoms with Gasteiger partial charge in [0.15, 0.2) is 5.03 Å². The molecule has 2 N–H and O–H groups in total. The molecule has 1 unspecified atom stereocenters. The van der Waals surface area contributed by atoms with Crippen molar-refractivity contribution in [2.45, 2.75) is 11.1 Å². The van der Waals surface area contributed by atoms with Crippen LogP contribution in [0.3, 0.4) is 0 Å². The Morgan fingerprint density at radius 1 is 1.35 bits per heavy atom. The first-order valence-electron chi connectivity index (χ1n) is 5.68. The summed E-state index contributed by atoms with van der Waals surface area (Å²) in [5.41, 5.74) is 0.347. The number of sulfonamides is 1. The van der Waals surface area contributed by atoms with Crippen molar-refractivity contribution in [3.05, 3.63) is 48.4 Å². The highest BCUT2D eigenvalue weighted by Crippen LogP contribution is 2.16. The summed E-state index contributed by atoms with van der Waals surface area (Å²) in [6.45, 7) is 0. The zero-order chi connectivity index (χ0) is 14.8. The summed E-state index contributed by atoms with van der Waals surface area (Å²) < 4.78 is 27.8. The van der Waals surface area contributed by atoms with Crippen molar-refractivity contribution in [3.8, 4) is 0 Å². The number of benzene rings is 1. The van der Waals surface area contributed by atoms with Gasteiger partial charge in [0.1, 0.15) is 6.04 Å². The quantitative estimate of drug-likeness (QED) is 0.837. The summed E-state index contributed by atoms with van der Waals surface area (Å²) in [5, 5.41) is 8.97. The second kappa shape index (κ2) is 5.43. The van der Waals surface area contributed by atoms with Gasteiger partial charge in [-0.3, -0.25) is 4.79 Å². The van der Waals surface area contributed by atoms with Crippen LogP contribution in [0.2, 0.25) is 0 Å². The van der Waals surface area contributed by atoms with E-state index in [1.54, 1.807) is 37.4 Å². The van der Waals surface area contributed by atoms with Crippen molar-refractivity contribution in [3.63, 3.8) is 0 Å². The minimum Gasteiger partial charge on any atom is -0.480 e. The number of hydrogen-bond donors (Lipinski definition) is 2. The van der Waals surface area contributed by atoms with Gasteiger partial charge in [0.05, 0.1) is 6.33 Å². The van der Waals surface area contributed by atoms with Crippen molar-refractivity contribution < 1.29 is 18.3 Å². The number of carbonyl (C=O) groups is 1. The second-order valence-electron chi connectivity index (χ2n) is 4.18. The third-order valence-corrected chi connectivity index (χ3v) is 3.92. The van der Waals surface area contributed by atoms with Crippen LogP contribution < -0.4 is 4.72 Å². The number of nitrogens with zero attached hydrogens (tertiary/aromatic N) is 2. The van der Waals surface area contributed by atoms with Crippen LogP contribution >= 0.6 is 0 Å². The predicted octanol–water partition coefficient (Wildman–Crippen LogP) is 0.524. The SMILES string of the molecule is Cn1cnc(S(=O)(=O)NC(C(=O)O)c2ccccc2)c1. The van der Waals surface area contributed by atoms with E-state index in [1.807, 2.05) is 0 Å². The second-order valence-corrected chi connectivity index (χ2v) is 5.84. The molecule has 0 amide bonds. The third-order valence-electron chi connectivity index (χ3n) is 2.61. The summed E-state index contributed by atoms with van der Waals surface area (Å²) in [6.07, 6.45) is 2.62. The van der Waals surface area contributed by atoms with Crippen molar-refractivity contribution in [1.29, 1.82) is 0 Å². The van der Waals surface area contributed by atoms with E-state index in [9.17, 15) is 18.3 Å². The first kappa shape index (κ1) is 14.2. The van der Waals surface area contributed by atoms with Gasteiger partial charge in [0.2, 0.25) is 0 Å². The first-order valence-corrected chi connectivity index (χ1v) is 7.16. The maximum Gasteiger partial charge on any atom is 0.326 e. The largest absolute Gasteiger partial charge is 0.480 e. The molecule has 106 valence electrons. The average Bonchev–Trinajstić information content (AvgIpc) is 2.84. The Hall–Kier alpha value is -2.19. The van der Waals surface area contributed by atoms with Crippen LogP contribution in [0.25, 0.3) is 0 Å². The van der Waals surface area contributed by atoms with E-state index in [4.69, 9.17) is 0 Å². The Labute approximate surface area is 115 Å². The van der Waals surface area contributed by atoms with Gasteiger partial charge in [-0.1, -0.05) is 30.3 Å². The number of carboxylic acids is 1. The molecule has 0 aliphatic heterocycles. The molecule has 2 aromatic rings. The van der Waals surface area contributed by atoms with E-state index >= 15 is 0 Å². The molecule has 0 aliphatic rings. The molecule has 0 aliphatic carbocycles. The Bertz CT molecular complexity index is 709. The maximum atomic E-state index is 12.1. The van der Waals surface area contributed by atoms with Gasteiger partial charge in [0.25, 0.3) is 10.0 Å². The summed E-state index contributed by atoms with van der Waals surface area (Å²) in [4.78, 5) is 15.0. The molecule has 0 spiro atoms. The van der Waals surface area contributed by atoms with Crippen LogP contribution in [0.5, 0.6) is 0 Å². The molecule has 8 heteroatoms. The van der Waals surface area contributed by atoms with Gasteiger partial charge in [-0.15, -0.1) is 0 Å². The van der Waals surface area contributed by atoms with Gasteiger partial charge < -0.3 is 9.67 Å². The average molecular weight is 295 g/mol. The molecule has 1 aromatic heterocycles. The molecule has 2 rings (SSSR count). The highest BCUT2D eigenvalue weighted by atomic mass is 32.2. The van der Waals surface area contributed by atoms with E-state index < -0.39 is 22.0 Å². The molecule has 20 heavy (non-hydrogen) atoms. The molecule has 0 bridgehead atoms. The summed E-state index contributed by atoms with van der Waals surface area (Å²) in [6, 6.07) is 6.72. The van der Waals surface area contributed by atoms with Crippen LogP contribution in [0.4, 0.5) is 0 Å². The smallest absolute Gasteiger partial charge is 0.326 e. The number of carboxylic acid groups (broad SMARTS) is 1. The number of rotatable bonds is 5. The van der Waals surface area contributed by atoms with Gasteiger partial charge in [-0.05, 0) is 5.56 Å². The maximum absolute atomic E-state index is 12.1. The Morgan fingerprint density at radius 2 is 2.00 bits per heavy atom. The van der Waals surface area contributed by atoms with Crippen LogP contribution in [0.1, 0.15) is 11.6 Å². The van der Waals surface area contributed by atoms with E-state index in [0.717, 1.165) is 0 Å². The lowest BCUT2D eigenvalue weighted by molar-refractivity contribution is -0.139. The fourth-order valence-electron chi connectivity index (χ4n) is 1.65. The van der Waals surface area contributed by atoms with Gasteiger partial charge in [-0.2, -0.15) is 4.72 Å². The van der Waals surface area contributed by atoms with Gasteiger partial charge in [0, 0.05) is 13.2 Å². The Morgan fingerprint density at radius 3 is 2.50 bits per heavy atom. The van der Waals surface area contributed by atoms with Crippen molar-refractivity contribution in [2.75, 3.05) is 0 Å². The van der Waals surface area contributed by atoms with Gasteiger partial charge in [-0.25, -0.2) is 13.4 Å². The molecule has 1 atom stereocenters. The molecule has 0 saturated heterocycles. The number of aliphatic carboxylic acids is 1. The fourth-order valence-corrected chi connectivity index (χ4v) is 2.81. The number of aromatic nitrogens is 2. The van der Waals surface area contributed by atoms with Crippen LogP contribution in [-0.2, 0) is 21.9 Å². The molecule has 7 nitrogen and oxygen atoms in total. The molecular formula is C12H13N3O4S. The first-order chi connectivity index (χ1) is 9.40. The van der Waals surface area contributed by atoms with E-state index in [-0.39, 0.29) is 5.03 Å². The predicted molar refractivity (Wildman–Crippen MR) is 70.3 cm³/mol. The Balaban J connectivity index is 2.32. The van der Waals surface area contributed by atoms with E-state index in [1.165, 1.54) is 17.1 Å². The zero-order valence-electron chi connectivity index (χ0n) is 10.6. The zero-order valence-corrected chi connectivity index (χ0v) is 11.4. The topological polar surface area (TPSA) is 101 Å². The van der Waals surface area contributed by atoms with Crippen LogP contribution in [0, 0.1) is 0 Å². The molecular weight excluding hydrogens is 282 g/mol. The van der Waals surface area contributed by atoms with Crippen LogP contribution in [0.15, 0.2) is 47.9 Å². The molecule has 0 saturated carbocycles. The monoisotopic (exact) mass is 295 g/mol. The summed E-state index contributed by atoms with van der Waals surface area (Å²) in [5.74, 6) is -1.28. The highest BCUT2D eigenvalue weighted by Gasteiger charge is 2.28. The molecule has 0 radical (unpaired) electrons. The fraction of sp³-hybridized carbons (Fsp3) is 0.167. The third kappa shape index (κ3) is 3.03. The molecule has 1 aromatic carbocycles. The van der Waals surface area contributed by atoms with E-state index in [2.05, 4.69) is 9.71 Å². The number of nitrogens with one attached hydrogen (secondary N) is 1. The Kier molecular flexibility index (Phi) is 3.86. The lowest BCUT2D eigenvalue weighted by Gasteiger charge is -2.13. The number of imidazole rings is 1. The minimum atomic E-state index is -3.99. The number of hydrogen-bond acceptors (Lipinski definition) is 4. The van der Waals surface area contributed by atoms with Gasteiger partial charge >= 0.3 is 5.97 Å².